The van der Waals surface area contributed by atoms with Gasteiger partial charge >= 0.3 is 7.82 Å². The monoisotopic (exact) mass is 180 g/mol. The zero-order chi connectivity index (χ0) is 6.78. The Labute approximate surface area is 55.6 Å². The number of alkyl halides is 2. The normalized spacial score (nSPS) is 12.6. The third kappa shape index (κ3) is 6.69. The summed E-state index contributed by atoms with van der Waals surface area (Å²) in [6.45, 7) is 0. The van der Waals surface area contributed by atoms with Gasteiger partial charge in [0.1, 0.15) is 0 Å². The maximum atomic E-state index is 9.74. The van der Waals surface area contributed by atoms with Crippen molar-refractivity contribution in [2.75, 3.05) is 0 Å². The first-order chi connectivity index (χ1) is 3.42. The summed E-state index contributed by atoms with van der Waals surface area (Å²) in [6, 6.07) is 0. The number of hydrogen-bond acceptors (Lipinski definition) is 2. The van der Waals surface area contributed by atoms with Crippen molar-refractivity contribution in [3.8, 4) is 0 Å². The lowest BCUT2D eigenvalue weighted by Gasteiger charge is -2.02. The van der Waals surface area contributed by atoms with Crippen molar-refractivity contribution in [1.29, 1.82) is 0 Å². The first-order valence-corrected chi connectivity index (χ1v) is 3.84. The number of halogens is 2. The van der Waals surface area contributed by atoms with Gasteiger partial charge in [0, 0.05) is 0 Å². The molecule has 0 unspecified atom stereocenters. The zero-order valence-electron chi connectivity index (χ0n) is 3.49. The van der Waals surface area contributed by atoms with Crippen LogP contribution in [0.2, 0.25) is 0 Å². The molecule has 0 aromatic carbocycles. The SMILES string of the molecule is O=P(O)(O)OC(Cl)Cl. The van der Waals surface area contributed by atoms with Crippen LogP contribution >= 0.6 is 31.0 Å². The van der Waals surface area contributed by atoms with Gasteiger partial charge in [-0.05, 0) is 0 Å². The van der Waals surface area contributed by atoms with E-state index >= 15 is 0 Å². The zero-order valence-corrected chi connectivity index (χ0v) is 5.90. The molecule has 0 heterocycles. The lowest BCUT2D eigenvalue weighted by molar-refractivity contribution is 0.211. The number of phosphoric acid groups is 1. The lowest BCUT2D eigenvalue weighted by Crippen LogP contribution is -1.91. The van der Waals surface area contributed by atoms with E-state index in [0.29, 0.717) is 0 Å². The highest BCUT2D eigenvalue weighted by atomic mass is 35.5. The minimum absolute atomic E-state index is 1.48. The Kier molecular flexibility index (Phi) is 3.27. The molecule has 0 amide bonds. The molecular weight excluding hydrogens is 178 g/mol. The second kappa shape index (κ2) is 3.01. The van der Waals surface area contributed by atoms with E-state index in [1.807, 2.05) is 0 Å². The molecule has 0 aliphatic carbocycles. The molecular formula is CH3Cl2O4P. The molecule has 0 aliphatic heterocycles. The minimum Gasteiger partial charge on any atom is -0.303 e. The number of hydrogen-bond donors (Lipinski definition) is 2. The Balaban J connectivity index is 3.56. The van der Waals surface area contributed by atoms with Crippen LogP contribution in [0.1, 0.15) is 0 Å². The summed E-state index contributed by atoms with van der Waals surface area (Å²) in [6.07, 6.45) is 0. The van der Waals surface area contributed by atoms with Crippen LogP contribution in [0.15, 0.2) is 0 Å². The van der Waals surface area contributed by atoms with Gasteiger partial charge < -0.3 is 9.79 Å². The summed E-state index contributed by atoms with van der Waals surface area (Å²) in [5, 5.41) is -1.48. The van der Waals surface area contributed by atoms with Crippen molar-refractivity contribution in [2.45, 2.75) is 5.02 Å². The highest BCUT2D eigenvalue weighted by Crippen LogP contribution is 2.39. The van der Waals surface area contributed by atoms with Crippen LogP contribution in [0.25, 0.3) is 0 Å². The second-order valence-electron chi connectivity index (χ2n) is 0.857. The standard InChI is InChI=1S/CH3Cl2O4P/c2-1(3)7-8(4,5)6/h1H,(H2,4,5,6). The molecule has 0 aromatic heterocycles. The third-order valence-corrected chi connectivity index (χ3v) is 1.13. The van der Waals surface area contributed by atoms with E-state index in [4.69, 9.17) is 33.0 Å². The maximum Gasteiger partial charge on any atom is 0.472 e. The van der Waals surface area contributed by atoms with Gasteiger partial charge in [-0.1, -0.05) is 23.2 Å². The van der Waals surface area contributed by atoms with Crippen molar-refractivity contribution >= 4 is 31.0 Å². The van der Waals surface area contributed by atoms with Crippen molar-refractivity contribution < 1.29 is 18.9 Å². The average molecular weight is 181 g/mol. The fourth-order valence-electron chi connectivity index (χ4n) is 0.104. The van der Waals surface area contributed by atoms with Crippen LogP contribution in [0.4, 0.5) is 0 Å². The molecule has 0 radical (unpaired) electrons. The van der Waals surface area contributed by atoms with Crippen molar-refractivity contribution in [3.05, 3.63) is 0 Å². The molecule has 0 atom stereocenters. The van der Waals surface area contributed by atoms with Crippen LogP contribution < -0.4 is 0 Å². The molecule has 50 valence electrons. The predicted octanol–water partition coefficient (Wildman–Crippen LogP) is 0.857. The smallest absolute Gasteiger partial charge is 0.303 e. The van der Waals surface area contributed by atoms with Crippen LogP contribution in [0, 0.1) is 0 Å². The molecule has 4 nitrogen and oxygen atoms in total. The highest BCUT2D eigenvalue weighted by molar-refractivity contribution is 7.46. The van der Waals surface area contributed by atoms with E-state index in [2.05, 4.69) is 4.52 Å². The Morgan fingerprint density at radius 2 is 1.88 bits per heavy atom. The van der Waals surface area contributed by atoms with Gasteiger partial charge in [0.2, 0.25) is 5.02 Å². The molecule has 2 N–H and O–H groups in total. The summed E-state index contributed by atoms with van der Waals surface area (Å²) < 4.78 is 13.4. The van der Waals surface area contributed by atoms with Gasteiger partial charge in [-0.2, -0.15) is 0 Å². The molecule has 0 aromatic rings. The molecule has 0 rings (SSSR count). The molecule has 8 heavy (non-hydrogen) atoms. The molecule has 0 saturated heterocycles. The summed E-state index contributed by atoms with van der Waals surface area (Å²) in [4.78, 5) is 15.8. The van der Waals surface area contributed by atoms with Crippen LogP contribution in [0.3, 0.4) is 0 Å². The van der Waals surface area contributed by atoms with E-state index < -0.39 is 12.8 Å². The highest BCUT2D eigenvalue weighted by Gasteiger charge is 2.17. The summed E-state index contributed by atoms with van der Waals surface area (Å²) in [5.74, 6) is 0. The van der Waals surface area contributed by atoms with E-state index in [1.165, 1.54) is 0 Å². The van der Waals surface area contributed by atoms with Gasteiger partial charge in [0.15, 0.2) is 0 Å². The molecule has 0 saturated carbocycles. The number of rotatable bonds is 2. The maximum absolute atomic E-state index is 9.74. The predicted molar refractivity (Wildman–Crippen MR) is 28.6 cm³/mol. The van der Waals surface area contributed by atoms with Crippen LogP contribution in [0.5, 0.6) is 0 Å². The first kappa shape index (κ1) is 8.69. The van der Waals surface area contributed by atoms with E-state index in [0.717, 1.165) is 0 Å². The third-order valence-electron chi connectivity index (χ3n) is 0.217. The molecule has 0 fully saturated rings. The van der Waals surface area contributed by atoms with Crippen molar-refractivity contribution in [1.82, 2.24) is 0 Å². The summed E-state index contributed by atoms with van der Waals surface area (Å²) >= 11 is 9.63. The Bertz CT molecular complexity index is 107. The van der Waals surface area contributed by atoms with Crippen LogP contribution in [-0.4, -0.2) is 14.8 Å². The second-order valence-corrected chi connectivity index (χ2v) is 3.06. The molecule has 7 heteroatoms. The largest absolute Gasteiger partial charge is 0.472 e. The Morgan fingerprint density at radius 1 is 1.50 bits per heavy atom. The molecule has 0 bridgehead atoms. The summed E-state index contributed by atoms with van der Waals surface area (Å²) in [7, 11) is -4.49. The van der Waals surface area contributed by atoms with Gasteiger partial charge in [0.25, 0.3) is 0 Å². The van der Waals surface area contributed by atoms with Crippen molar-refractivity contribution in [3.63, 3.8) is 0 Å². The molecule has 0 aliphatic rings. The topological polar surface area (TPSA) is 66.8 Å². The number of phosphoric ester groups is 1. The van der Waals surface area contributed by atoms with E-state index in [1.54, 1.807) is 0 Å². The van der Waals surface area contributed by atoms with E-state index in [9.17, 15) is 4.57 Å². The average Bonchev–Trinajstić information content (AvgIpc) is 1.21. The summed E-state index contributed by atoms with van der Waals surface area (Å²) in [5.41, 5.74) is 0. The van der Waals surface area contributed by atoms with Gasteiger partial charge in [-0.3, -0.25) is 4.52 Å². The minimum atomic E-state index is -4.49. The van der Waals surface area contributed by atoms with Gasteiger partial charge in [-0.15, -0.1) is 0 Å². The van der Waals surface area contributed by atoms with Gasteiger partial charge in [0.05, 0.1) is 0 Å². The van der Waals surface area contributed by atoms with Gasteiger partial charge in [-0.25, -0.2) is 4.57 Å². The fourth-order valence-corrected chi connectivity index (χ4v) is 0.934. The quantitative estimate of drug-likeness (QED) is 0.489. The van der Waals surface area contributed by atoms with Crippen LogP contribution in [-0.2, 0) is 9.09 Å². The molecule has 0 spiro atoms. The first-order valence-electron chi connectivity index (χ1n) is 1.44. The Morgan fingerprint density at radius 3 is 1.88 bits per heavy atom. The fraction of sp³-hybridized carbons (Fsp3) is 1.00. The lowest BCUT2D eigenvalue weighted by atomic mass is 11.7. The van der Waals surface area contributed by atoms with E-state index in [-0.39, 0.29) is 0 Å². The Hall–Kier alpha value is 0.690. The van der Waals surface area contributed by atoms with Crippen molar-refractivity contribution in [2.24, 2.45) is 0 Å².